The van der Waals surface area contributed by atoms with Crippen LogP contribution in [0.5, 0.6) is 0 Å². The number of likely N-dealkylation sites (tertiary alicyclic amines) is 1. The molecule has 0 amide bonds. The van der Waals surface area contributed by atoms with Gasteiger partial charge in [-0.25, -0.2) is 0 Å². The lowest BCUT2D eigenvalue weighted by Crippen LogP contribution is -2.66. The molecule has 7 heteroatoms. The molecule has 120 valence electrons. The molecule has 3 atom stereocenters. The second-order valence-corrected chi connectivity index (χ2v) is 6.35. The molecule has 1 aromatic rings. The molecule has 1 aromatic heterocycles. The van der Waals surface area contributed by atoms with Crippen LogP contribution in [-0.4, -0.2) is 45.2 Å². The van der Waals surface area contributed by atoms with E-state index in [4.69, 9.17) is 10.5 Å². The van der Waals surface area contributed by atoms with Crippen molar-refractivity contribution in [3.63, 3.8) is 0 Å². The monoisotopic (exact) mass is 307 g/mol. The molecule has 1 aliphatic heterocycles. The van der Waals surface area contributed by atoms with Gasteiger partial charge >= 0.3 is 11.9 Å². The average Bonchev–Trinajstić information content (AvgIpc) is 2.40. The Morgan fingerprint density at radius 1 is 1.41 bits per heavy atom. The summed E-state index contributed by atoms with van der Waals surface area (Å²) in [5.74, 6) is -1.91. The molecule has 1 fully saturated rings. The molecule has 22 heavy (non-hydrogen) atoms. The number of pyridine rings is 1. The Labute approximate surface area is 129 Å². The van der Waals surface area contributed by atoms with Crippen LogP contribution in [0.1, 0.15) is 32.4 Å². The fraction of sp³-hybridized carbons (Fsp3) is 0.533. The van der Waals surface area contributed by atoms with E-state index in [-0.39, 0.29) is 6.54 Å². The number of aromatic nitrogens is 1. The van der Waals surface area contributed by atoms with E-state index >= 15 is 0 Å². The number of nitrogens with zero attached hydrogens (tertiary/aromatic N) is 2. The zero-order chi connectivity index (χ0) is 16.5. The predicted molar refractivity (Wildman–Crippen MR) is 78.6 cm³/mol. The highest BCUT2D eigenvalue weighted by Gasteiger charge is 2.48. The largest absolute Gasteiger partial charge is 0.480 e. The molecule has 0 radical (unpaired) electrons. The first-order chi connectivity index (χ1) is 10.2. The minimum absolute atomic E-state index is 0.259. The zero-order valence-corrected chi connectivity index (χ0v) is 12.9. The maximum absolute atomic E-state index is 12.0. The van der Waals surface area contributed by atoms with Crippen molar-refractivity contribution in [2.75, 3.05) is 6.54 Å². The van der Waals surface area contributed by atoms with Gasteiger partial charge in [0.15, 0.2) is 0 Å². The molecule has 1 saturated heterocycles. The van der Waals surface area contributed by atoms with Crippen molar-refractivity contribution in [3.8, 4) is 0 Å². The SMILES string of the molecule is CC(C)(C)OC(=O)[C@H]1CN([C@H](C(=O)O)c2ccncc2)[C@@H]1N. The Balaban J connectivity index is 2.09. The van der Waals surface area contributed by atoms with E-state index in [0.717, 1.165) is 0 Å². The maximum Gasteiger partial charge on any atom is 0.325 e. The quantitative estimate of drug-likeness (QED) is 0.791. The first kappa shape index (κ1) is 16.4. The molecular weight excluding hydrogens is 286 g/mol. The fourth-order valence-electron chi connectivity index (χ4n) is 2.44. The molecule has 0 aliphatic carbocycles. The molecule has 2 rings (SSSR count). The van der Waals surface area contributed by atoms with Crippen molar-refractivity contribution in [2.24, 2.45) is 11.7 Å². The summed E-state index contributed by atoms with van der Waals surface area (Å²) in [5, 5.41) is 9.46. The Hall–Kier alpha value is -1.99. The summed E-state index contributed by atoms with van der Waals surface area (Å²) < 4.78 is 5.30. The van der Waals surface area contributed by atoms with E-state index in [1.807, 2.05) is 0 Å². The first-order valence-corrected chi connectivity index (χ1v) is 7.07. The van der Waals surface area contributed by atoms with Gasteiger partial charge in [0.2, 0.25) is 0 Å². The van der Waals surface area contributed by atoms with Crippen molar-refractivity contribution >= 4 is 11.9 Å². The van der Waals surface area contributed by atoms with Gasteiger partial charge in [-0.05, 0) is 38.5 Å². The molecule has 0 bridgehead atoms. The summed E-state index contributed by atoms with van der Waals surface area (Å²) in [7, 11) is 0. The number of aliphatic carboxylic acids is 1. The van der Waals surface area contributed by atoms with Gasteiger partial charge in [0.25, 0.3) is 0 Å². The van der Waals surface area contributed by atoms with Crippen LogP contribution < -0.4 is 5.73 Å². The number of hydrogen-bond donors (Lipinski definition) is 2. The molecule has 0 spiro atoms. The number of hydrogen-bond acceptors (Lipinski definition) is 6. The van der Waals surface area contributed by atoms with E-state index in [9.17, 15) is 14.7 Å². The third-order valence-electron chi connectivity index (χ3n) is 3.50. The van der Waals surface area contributed by atoms with E-state index < -0.39 is 35.7 Å². The number of carboxylic acid groups (broad SMARTS) is 1. The molecular formula is C15H21N3O4. The van der Waals surface area contributed by atoms with Crippen molar-refractivity contribution in [1.29, 1.82) is 0 Å². The maximum atomic E-state index is 12.0. The van der Waals surface area contributed by atoms with Crippen LogP contribution in [0.3, 0.4) is 0 Å². The summed E-state index contributed by atoms with van der Waals surface area (Å²) in [6, 6.07) is 2.37. The van der Waals surface area contributed by atoms with Crippen molar-refractivity contribution in [1.82, 2.24) is 9.88 Å². The van der Waals surface area contributed by atoms with Crippen LogP contribution in [0, 0.1) is 5.92 Å². The summed E-state index contributed by atoms with van der Waals surface area (Å²) in [6.07, 6.45) is 2.38. The highest BCUT2D eigenvalue weighted by Crippen LogP contribution is 2.33. The van der Waals surface area contributed by atoms with Gasteiger partial charge < -0.3 is 15.6 Å². The molecule has 0 unspecified atom stereocenters. The Bertz CT molecular complexity index is 556. The van der Waals surface area contributed by atoms with Crippen LogP contribution in [0.15, 0.2) is 24.5 Å². The van der Waals surface area contributed by atoms with E-state index in [1.165, 1.54) is 12.4 Å². The van der Waals surface area contributed by atoms with Gasteiger partial charge in [-0.3, -0.25) is 19.5 Å². The van der Waals surface area contributed by atoms with Crippen LogP contribution in [0.25, 0.3) is 0 Å². The van der Waals surface area contributed by atoms with Gasteiger partial charge in [0.05, 0.1) is 12.1 Å². The van der Waals surface area contributed by atoms with Crippen molar-refractivity contribution in [2.45, 2.75) is 38.6 Å². The third-order valence-corrected chi connectivity index (χ3v) is 3.50. The number of rotatable bonds is 4. The number of esters is 1. The van der Waals surface area contributed by atoms with Gasteiger partial charge in [-0.15, -0.1) is 0 Å². The second kappa shape index (κ2) is 6.02. The minimum Gasteiger partial charge on any atom is -0.480 e. The summed E-state index contributed by atoms with van der Waals surface area (Å²) in [5.41, 5.74) is 6.00. The van der Waals surface area contributed by atoms with Crippen LogP contribution >= 0.6 is 0 Å². The Morgan fingerprint density at radius 3 is 2.45 bits per heavy atom. The van der Waals surface area contributed by atoms with Crippen LogP contribution in [0.4, 0.5) is 0 Å². The molecule has 0 saturated carbocycles. The topological polar surface area (TPSA) is 106 Å². The van der Waals surface area contributed by atoms with Crippen LogP contribution in [0.2, 0.25) is 0 Å². The molecule has 7 nitrogen and oxygen atoms in total. The normalized spacial score (nSPS) is 23.5. The second-order valence-electron chi connectivity index (χ2n) is 6.35. The van der Waals surface area contributed by atoms with Crippen molar-refractivity contribution < 1.29 is 19.4 Å². The predicted octanol–water partition coefficient (Wildman–Crippen LogP) is 0.766. The number of ether oxygens (including phenoxy) is 1. The Morgan fingerprint density at radius 2 is 2.00 bits per heavy atom. The highest BCUT2D eigenvalue weighted by molar-refractivity contribution is 5.78. The number of carbonyl (C=O) groups excluding carboxylic acids is 1. The van der Waals surface area contributed by atoms with Gasteiger partial charge in [0.1, 0.15) is 11.6 Å². The highest BCUT2D eigenvalue weighted by atomic mass is 16.6. The molecule has 2 heterocycles. The minimum atomic E-state index is -1.01. The fourth-order valence-corrected chi connectivity index (χ4v) is 2.44. The molecule has 0 aromatic carbocycles. The van der Waals surface area contributed by atoms with Gasteiger partial charge in [0, 0.05) is 18.9 Å². The zero-order valence-electron chi connectivity index (χ0n) is 12.9. The lowest BCUT2D eigenvalue weighted by Gasteiger charge is -2.47. The van der Waals surface area contributed by atoms with E-state index in [0.29, 0.717) is 5.56 Å². The lowest BCUT2D eigenvalue weighted by atomic mass is 9.90. The van der Waals surface area contributed by atoms with Crippen LogP contribution in [-0.2, 0) is 14.3 Å². The number of carboxylic acids is 1. The number of carbonyl (C=O) groups is 2. The smallest absolute Gasteiger partial charge is 0.325 e. The summed E-state index contributed by atoms with van der Waals surface area (Å²) in [4.78, 5) is 29.0. The number of nitrogens with two attached hydrogens (primary N) is 1. The van der Waals surface area contributed by atoms with E-state index in [1.54, 1.807) is 37.8 Å². The Kier molecular flexibility index (Phi) is 4.48. The lowest BCUT2D eigenvalue weighted by molar-refractivity contribution is -0.176. The molecule has 3 N–H and O–H groups in total. The third kappa shape index (κ3) is 3.42. The van der Waals surface area contributed by atoms with Gasteiger partial charge in [-0.2, -0.15) is 0 Å². The summed E-state index contributed by atoms with van der Waals surface area (Å²) >= 11 is 0. The summed E-state index contributed by atoms with van der Waals surface area (Å²) in [6.45, 7) is 5.60. The van der Waals surface area contributed by atoms with E-state index in [2.05, 4.69) is 4.98 Å². The van der Waals surface area contributed by atoms with Crippen molar-refractivity contribution in [3.05, 3.63) is 30.1 Å². The van der Waals surface area contributed by atoms with Gasteiger partial charge in [-0.1, -0.05) is 0 Å². The standard InChI is InChI=1S/C15H21N3O4/c1-15(2,3)22-14(21)10-8-18(12(10)16)11(13(19)20)9-4-6-17-7-5-9/h4-7,10-12H,8,16H2,1-3H3,(H,19,20)/t10-,11-,12-/m0/s1. The first-order valence-electron chi connectivity index (χ1n) is 7.07. The average molecular weight is 307 g/mol. The molecule has 1 aliphatic rings.